The van der Waals surface area contributed by atoms with Gasteiger partial charge in [0.2, 0.25) is 5.95 Å². The zero-order chi connectivity index (χ0) is 13.1. The Kier molecular flexibility index (Phi) is 4.04. The third-order valence-corrected chi connectivity index (χ3v) is 1.88. The number of ether oxygens (including phenoxy) is 1. The molecule has 0 aliphatic heterocycles. The lowest BCUT2D eigenvalue weighted by molar-refractivity contribution is -0.128. The third-order valence-electron chi connectivity index (χ3n) is 1.88. The Morgan fingerprint density at radius 1 is 1.47 bits per heavy atom. The molecule has 0 saturated carbocycles. The van der Waals surface area contributed by atoms with Crippen LogP contribution in [0, 0.1) is 5.95 Å². The second-order valence-electron chi connectivity index (χ2n) is 4.82. The fraction of sp³-hybridized carbons (Fsp3) is 0.500. The summed E-state index contributed by atoms with van der Waals surface area (Å²) in [6.45, 7) is 7.29. The van der Waals surface area contributed by atoms with Crippen molar-refractivity contribution in [2.24, 2.45) is 0 Å². The van der Waals surface area contributed by atoms with Gasteiger partial charge in [0.15, 0.2) is 6.10 Å². The van der Waals surface area contributed by atoms with Gasteiger partial charge in [0.25, 0.3) is 5.91 Å². The van der Waals surface area contributed by atoms with E-state index in [1.165, 1.54) is 18.3 Å². The van der Waals surface area contributed by atoms with Crippen molar-refractivity contribution in [2.45, 2.75) is 39.3 Å². The van der Waals surface area contributed by atoms with E-state index in [4.69, 9.17) is 4.74 Å². The first kappa shape index (κ1) is 13.4. The lowest BCUT2D eigenvalue weighted by atomic mass is 10.1. The predicted molar refractivity (Wildman–Crippen MR) is 62.2 cm³/mol. The van der Waals surface area contributed by atoms with Crippen molar-refractivity contribution in [3.63, 3.8) is 0 Å². The molecule has 0 radical (unpaired) electrons. The Labute approximate surface area is 100 Å². The molecule has 4 nitrogen and oxygen atoms in total. The van der Waals surface area contributed by atoms with Gasteiger partial charge in [-0.2, -0.15) is 4.39 Å². The molecule has 94 valence electrons. The normalized spacial score (nSPS) is 13.0. The van der Waals surface area contributed by atoms with Gasteiger partial charge in [0.05, 0.1) is 6.20 Å². The summed E-state index contributed by atoms with van der Waals surface area (Å²) < 4.78 is 17.9. The highest BCUT2D eigenvalue weighted by atomic mass is 19.1. The number of pyridine rings is 1. The van der Waals surface area contributed by atoms with Gasteiger partial charge in [-0.1, -0.05) is 0 Å². The summed E-state index contributed by atoms with van der Waals surface area (Å²) in [5.41, 5.74) is -0.310. The molecular formula is C12H17FN2O2. The van der Waals surface area contributed by atoms with Crippen LogP contribution in [0.5, 0.6) is 5.75 Å². The van der Waals surface area contributed by atoms with Crippen LogP contribution in [0.1, 0.15) is 27.7 Å². The SMILES string of the molecule is CC(Oc1ccc(F)nc1)C(=O)NC(C)(C)C. The van der Waals surface area contributed by atoms with E-state index in [-0.39, 0.29) is 11.4 Å². The van der Waals surface area contributed by atoms with Gasteiger partial charge in [-0.25, -0.2) is 4.98 Å². The molecule has 0 spiro atoms. The highest BCUT2D eigenvalue weighted by Crippen LogP contribution is 2.11. The topological polar surface area (TPSA) is 51.2 Å². The van der Waals surface area contributed by atoms with E-state index in [0.29, 0.717) is 5.75 Å². The van der Waals surface area contributed by atoms with Crippen molar-refractivity contribution < 1.29 is 13.9 Å². The molecule has 0 aromatic carbocycles. The second kappa shape index (κ2) is 5.12. The average Bonchev–Trinajstić information content (AvgIpc) is 2.19. The zero-order valence-electron chi connectivity index (χ0n) is 10.5. The van der Waals surface area contributed by atoms with Crippen molar-refractivity contribution in [3.05, 3.63) is 24.3 Å². The largest absolute Gasteiger partial charge is 0.479 e. The molecule has 1 amide bonds. The van der Waals surface area contributed by atoms with Gasteiger partial charge in [-0.15, -0.1) is 0 Å². The molecule has 0 aliphatic carbocycles. The van der Waals surface area contributed by atoms with E-state index in [1.807, 2.05) is 20.8 Å². The van der Waals surface area contributed by atoms with Crippen LogP contribution in [0.2, 0.25) is 0 Å². The Hall–Kier alpha value is -1.65. The summed E-state index contributed by atoms with van der Waals surface area (Å²) in [7, 11) is 0. The van der Waals surface area contributed by atoms with Crippen LogP contribution in [0.3, 0.4) is 0 Å². The maximum absolute atomic E-state index is 12.6. The van der Waals surface area contributed by atoms with Crippen LogP contribution in [-0.2, 0) is 4.79 Å². The van der Waals surface area contributed by atoms with Crippen LogP contribution in [0.4, 0.5) is 4.39 Å². The van der Waals surface area contributed by atoms with Crippen molar-refractivity contribution in [1.29, 1.82) is 0 Å². The predicted octanol–water partition coefficient (Wildman–Crippen LogP) is 1.90. The molecule has 0 fully saturated rings. The molecule has 1 rings (SSSR count). The smallest absolute Gasteiger partial charge is 0.261 e. The second-order valence-corrected chi connectivity index (χ2v) is 4.82. The minimum Gasteiger partial charge on any atom is -0.479 e. The quantitative estimate of drug-likeness (QED) is 0.821. The average molecular weight is 240 g/mol. The van der Waals surface area contributed by atoms with E-state index in [2.05, 4.69) is 10.3 Å². The summed E-state index contributed by atoms with van der Waals surface area (Å²) in [4.78, 5) is 15.1. The van der Waals surface area contributed by atoms with E-state index in [1.54, 1.807) is 6.92 Å². The molecular weight excluding hydrogens is 223 g/mol. The van der Waals surface area contributed by atoms with Gasteiger partial charge >= 0.3 is 0 Å². The van der Waals surface area contributed by atoms with E-state index in [9.17, 15) is 9.18 Å². The summed E-state index contributed by atoms with van der Waals surface area (Å²) in [6.07, 6.45) is 0.595. The Bertz CT molecular complexity index is 384. The van der Waals surface area contributed by atoms with Crippen LogP contribution in [0.15, 0.2) is 18.3 Å². The minimum absolute atomic E-state index is 0.221. The maximum Gasteiger partial charge on any atom is 0.261 e. The number of aromatic nitrogens is 1. The van der Waals surface area contributed by atoms with Gasteiger partial charge < -0.3 is 10.1 Å². The molecule has 1 heterocycles. The lowest BCUT2D eigenvalue weighted by Crippen LogP contribution is -2.46. The summed E-state index contributed by atoms with van der Waals surface area (Å²) in [6, 6.07) is 2.62. The fourth-order valence-corrected chi connectivity index (χ4v) is 1.16. The molecule has 0 aliphatic rings. The number of hydrogen-bond donors (Lipinski definition) is 1. The molecule has 0 bridgehead atoms. The molecule has 1 N–H and O–H groups in total. The number of carbonyl (C=O) groups is 1. The Morgan fingerprint density at radius 3 is 2.59 bits per heavy atom. The highest BCUT2D eigenvalue weighted by Gasteiger charge is 2.20. The minimum atomic E-state index is -0.651. The molecule has 1 unspecified atom stereocenters. The molecule has 5 heteroatoms. The van der Waals surface area contributed by atoms with Crippen LogP contribution < -0.4 is 10.1 Å². The summed E-state index contributed by atoms with van der Waals surface area (Å²) >= 11 is 0. The van der Waals surface area contributed by atoms with Crippen molar-refractivity contribution in [1.82, 2.24) is 10.3 Å². The van der Waals surface area contributed by atoms with Crippen LogP contribution >= 0.6 is 0 Å². The number of nitrogens with one attached hydrogen (secondary N) is 1. The fourth-order valence-electron chi connectivity index (χ4n) is 1.16. The van der Waals surface area contributed by atoms with Crippen LogP contribution in [0.25, 0.3) is 0 Å². The number of amides is 1. The van der Waals surface area contributed by atoms with E-state index >= 15 is 0 Å². The number of rotatable bonds is 3. The molecule has 1 atom stereocenters. The summed E-state index contributed by atoms with van der Waals surface area (Å²) in [5, 5.41) is 2.79. The number of hydrogen-bond acceptors (Lipinski definition) is 3. The first-order valence-electron chi connectivity index (χ1n) is 5.38. The number of nitrogens with zero attached hydrogens (tertiary/aromatic N) is 1. The third kappa shape index (κ3) is 4.80. The highest BCUT2D eigenvalue weighted by molar-refractivity contribution is 5.81. The van der Waals surface area contributed by atoms with Gasteiger partial charge in [-0.3, -0.25) is 4.79 Å². The number of carbonyl (C=O) groups excluding carboxylic acids is 1. The molecule has 17 heavy (non-hydrogen) atoms. The van der Waals surface area contributed by atoms with E-state index < -0.39 is 12.1 Å². The lowest BCUT2D eigenvalue weighted by Gasteiger charge is -2.23. The molecule has 1 aromatic rings. The van der Waals surface area contributed by atoms with Crippen LogP contribution in [-0.4, -0.2) is 22.5 Å². The number of halogens is 1. The van der Waals surface area contributed by atoms with Crippen molar-refractivity contribution in [3.8, 4) is 5.75 Å². The molecule has 1 aromatic heterocycles. The standard InChI is InChI=1S/C12H17FN2O2/c1-8(11(16)15-12(2,3)4)17-9-5-6-10(13)14-7-9/h5-8H,1-4H3,(H,15,16). The zero-order valence-corrected chi connectivity index (χ0v) is 10.5. The van der Waals surface area contributed by atoms with E-state index in [0.717, 1.165) is 0 Å². The first-order valence-corrected chi connectivity index (χ1v) is 5.38. The first-order chi connectivity index (χ1) is 7.78. The monoisotopic (exact) mass is 240 g/mol. The van der Waals surface area contributed by atoms with Gasteiger partial charge in [0, 0.05) is 5.54 Å². The Morgan fingerprint density at radius 2 is 2.12 bits per heavy atom. The van der Waals surface area contributed by atoms with Gasteiger partial charge in [-0.05, 0) is 39.8 Å². The summed E-state index contributed by atoms with van der Waals surface area (Å²) in [5.74, 6) is -0.436. The maximum atomic E-state index is 12.6. The molecule has 0 saturated heterocycles. The Balaban J connectivity index is 2.57. The van der Waals surface area contributed by atoms with Gasteiger partial charge in [0.1, 0.15) is 5.75 Å². The van der Waals surface area contributed by atoms with Crippen molar-refractivity contribution in [2.75, 3.05) is 0 Å². The van der Waals surface area contributed by atoms with Crippen molar-refractivity contribution >= 4 is 5.91 Å².